The van der Waals surface area contributed by atoms with E-state index >= 15 is 0 Å². The zero-order chi connectivity index (χ0) is 20.4. The lowest BCUT2D eigenvalue weighted by Gasteiger charge is -2.21. The van der Waals surface area contributed by atoms with Crippen LogP contribution in [0.2, 0.25) is 0 Å². The Bertz CT molecular complexity index is 1090. The van der Waals surface area contributed by atoms with Crippen LogP contribution >= 0.6 is 0 Å². The molecule has 0 aliphatic carbocycles. The molecule has 7 nitrogen and oxygen atoms in total. The van der Waals surface area contributed by atoms with Crippen LogP contribution in [0.1, 0.15) is 24.5 Å². The normalized spacial score (nSPS) is 16.2. The van der Waals surface area contributed by atoms with Crippen molar-refractivity contribution >= 4 is 34.0 Å². The largest absolute Gasteiger partial charge is 0.399 e. The van der Waals surface area contributed by atoms with Gasteiger partial charge in [-0.25, -0.2) is 4.98 Å². The molecule has 1 aliphatic heterocycles. The maximum Gasteiger partial charge on any atom is 0.229 e. The minimum Gasteiger partial charge on any atom is -0.399 e. The van der Waals surface area contributed by atoms with Crippen LogP contribution in [0.4, 0.5) is 23.1 Å². The maximum absolute atomic E-state index is 9.21. The van der Waals surface area contributed by atoms with Gasteiger partial charge < -0.3 is 21.3 Å². The van der Waals surface area contributed by atoms with Crippen molar-refractivity contribution in [3.8, 4) is 6.07 Å². The number of hydrogen-bond acceptors (Lipinski definition) is 7. The Labute approximate surface area is 170 Å². The minimum atomic E-state index is 0.471. The number of likely N-dealkylation sites (N-methyl/N-ethyl adjacent to an activating group) is 1. The van der Waals surface area contributed by atoms with E-state index in [2.05, 4.69) is 47.6 Å². The number of nitrogens with two attached hydrogens (primary N) is 1. The molecule has 2 heterocycles. The van der Waals surface area contributed by atoms with Crippen molar-refractivity contribution in [2.45, 2.75) is 26.3 Å². The lowest BCUT2D eigenvalue weighted by atomic mass is 10.1. The lowest BCUT2D eigenvalue weighted by molar-refractivity contribution is 0.571. The van der Waals surface area contributed by atoms with Crippen LogP contribution in [0, 0.1) is 18.3 Å². The van der Waals surface area contributed by atoms with E-state index in [1.54, 1.807) is 18.2 Å². The Hall–Kier alpha value is -3.37. The van der Waals surface area contributed by atoms with Gasteiger partial charge in [-0.1, -0.05) is 19.1 Å². The number of para-hydroxylation sites is 1. The molecule has 0 spiro atoms. The molecule has 0 bridgehead atoms. The quantitative estimate of drug-likeness (QED) is 0.577. The summed E-state index contributed by atoms with van der Waals surface area (Å²) in [5.74, 6) is 1.44. The fourth-order valence-electron chi connectivity index (χ4n) is 3.90. The molecule has 0 amide bonds. The van der Waals surface area contributed by atoms with Gasteiger partial charge in [-0.15, -0.1) is 0 Å². The summed E-state index contributed by atoms with van der Waals surface area (Å²) in [6.45, 7) is 7.03. The molecule has 0 saturated carbocycles. The van der Waals surface area contributed by atoms with Crippen molar-refractivity contribution in [3.63, 3.8) is 0 Å². The molecule has 2 aromatic carbocycles. The summed E-state index contributed by atoms with van der Waals surface area (Å²) >= 11 is 0. The van der Waals surface area contributed by atoms with Crippen LogP contribution < -0.4 is 21.3 Å². The fourth-order valence-corrected chi connectivity index (χ4v) is 3.90. The Morgan fingerprint density at radius 2 is 2.14 bits per heavy atom. The topological polar surface area (TPSA) is 103 Å². The lowest BCUT2D eigenvalue weighted by Crippen LogP contribution is -2.32. The molecule has 1 fully saturated rings. The predicted molar refractivity (Wildman–Crippen MR) is 117 cm³/mol. The molecule has 1 atom stereocenters. The molecule has 1 unspecified atom stereocenters. The third-order valence-electron chi connectivity index (χ3n) is 5.23. The molecule has 3 aromatic rings. The van der Waals surface area contributed by atoms with Crippen LogP contribution in [0.5, 0.6) is 0 Å². The first-order chi connectivity index (χ1) is 14.1. The summed E-state index contributed by atoms with van der Waals surface area (Å²) in [6.07, 6.45) is 1.09. The monoisotopic (exact) mass is 387 g/mol. The molecule has 4 rings (SSSR count). The van der Waals surface area contributed by atoms with Crippen molar-refractivity contribution < 1.29 is 0 Å². The molecule has 1 aromatic heterocycles. The first-order valence-corrected chi connectivity index (χ1v) is 9.90. The molecule has 148 valence electrons. The van der Waals surface area contributed by atoms with Gasteiger partial charge in [-0.05, 0) is 49.7 Å². The molecule has 7 heteroatoms. The second kappa shape index (κ2) is 7.94. The Kier molecular flexibility index (Phi) is 5.19. The Morgan fingerprint density at radius 3 is 2.93 bits per heavy atom. The number of nitriles is 1. The number of nitrogens with one attached hydrogen (secondary N) is 2. The number of nitrogen functional groups attached to an aromatic ring is 1. The first kappa shape index (κ1) is 19.0. The molecular weight excluding hydrogens is 362 g/mol. The van der Waals surface area contributed by atoms with E-state index in [0.717, 1.165) is 48.3 Å². The Morgan fingerprint density at radius 1 is 1.28 bits per heavy atom. The number of hydrogen-bond donors (Lipinski definition) is 3. The predicted octanol–water partition coefficient (Wildman–Crippen LogP) is 3.32. The number of anilines is 4. The SMILES string of the molecule is CCNC1CCN(c2nc(Nc3cc(N)cc(C#N)c3)nc3c(C)cccc23)C1. The van der Waals surface area contributed by atoms with Crippen LogP contribution in [0.15, 0.2) is 36.4 Å². The van der Waals surface area contributed by atoms with Gasteiger partial charge in [-0.2, -0.15) is 10.2 Å². The van der Waals surface area contributed by atoms with E-state index in [1.165, 1.54) is 0 Å². The average molecular weight is 387 g/mol. The fraction of sp³-hybridized carbons (Fsp3) is 0.318. The zero-order valence-corrected chi connectivity index (χ0v) is 16.7. The van der Waals surface area contributed by atoms with Crippen LogP contribution in [-0.4, -0.2) is 35.6 Å². The standard InChI is InChI=1S/C22H25N7/c1-3-25-17-7-8-29(13-17)21-19-6-4-5-14(2)20(19)27-22(28-21)26-18-10-15(12-23)9-16(24)11-18/h4-6,9-11,17,25H,3,7-8,13,24H2,1-2H3,(H,26,27,28). The van der Waals surface area contributed by atoms with E-state index in [9.17, 15) is 5.26 Å². The second-order valence-electron chi connectivity index (χ2n) is 7.41. The number of aryl methyl sites for hydroxylation is 1. The van der Waals surface area contributed by atoms with Gasteiger partial charge in [0.25, 0.3) is 0 Å². The van der Waals surface area contributed by atoms with Crippen molar-refractivity contribution in [2.24, 2.45) is 0 Å². The summed E-state index contributed by atoms with van der Waals surface area (Å²) in [7, 11) is 0. The summed E-state index contributed by atoms with van der Waals surface area (Å²) in [4.78, 5) is 11.9. The van der Waals surface area contributed by atoms with Crippen LogP contribution in [0.3, 0.4) is 0 Å². The van der Waals surface area contributed by atoms with E-state index in [0.29, 0.717) is 28.9 Å². The highest BCUT2D eigenvalue weighted by Gasteiger charge is 2.25. The van der Waals surface area contributed by atoms with E-state index < -0.39 is 0 Å². The summed E-state index contributed by atoms with van der Waals surface area (Å²) in [5.41, 5.74) is 9.68. The Balaban J connectivity index is 1.75. The second-order valence-corrected chi connectivity index (χ2v) is 7.41. The smallest absolute Gasteiger partial charge is 0.229 e. The van der Waals surface area contributed by atoms with E-state index in [1.807, 2.05) is 6.07 Å². The van der Waals surface area contributed by atoms with Gasteiger partial charge in [0.1, 0.15) is 5.82 Å². The number of aromatic nitrogens is 2. The average Bonchev–Trinajstić information content (AvgIpc) is 3.16. The highest BCUT2D eigenvalue weighted by atomic mass is 15.3. The van der Waals surface area contributed by atoms with Crippen LogP contribution in [0.25, 0.3) is 10.9 Å². The third kappa shape index (κ3) is 3.93. The zero-order valence-electron chi connectivity index (χ0n) is 16.7. The van der Waals surface area contributed by atoms with Gasteiger partial charge in [0, 0.05) is 35.9 Å². The molecule has 4 N–H and O–H groups in total. The van der Waals surface area contributed by atoms with Crippen LogP contribution in [-0.2, 0) is 0 Å². The maximum atomic E-state index is 9.21. The van der Waals surface area contributed by atoms with Crippen molar-refractivity contribution in [3.05, 3.63) is 47.5 Å². The number of benzene rings is 2. The van der Waals surface area contributed by atoms with Crippen molar-refractivity contribution in [2.75, 3.05) is 35.6 Å². The van der Waals surface area contributed by atoms with Gasteiger partial charge in [-0.3, -0.25) is 0 Å². The van der Waals surface area contributed by atoms with E-state index in [4.69, 9.17) is 15.7 Å². The van der Waals surface area contributed by atoms with Gasteiger partial charge in [0.05, 0.1) is 17.1 Å². The molecule has 0 radical (unpaired) electrons. The first-order valence-electron chi connectivity index (χ1n) is 9.90. The van der Waals surface area contributed by atoms with Crippen molar-refractivity contribution in [1.82, 2.24) is 15.3 Å². The highest BCUT2D eigenvalue weighted by molar-refractivity contribution is 5.93. The van der Waals surface area contributed by atoms with Crippen molar-refractivity contribution in [1.29, 1.82) is 5.26 Å². The van der Waals surface area contributed by atoms with Gasteiger partial charge >= 0.3 is 0 Å². The molecule has 1 saturated heterocycles. The minimum absolute atomic E-state index is 0.471. The number of fused-ring (bicyclic) bond motifs is 1. The highest BCUT2D eigenvalue weighted by Crippen LogP contribution is 2.31. The molecule has 1 aliphatic rings. The third-order valence-corrected chi connectivity index (χ3v) is 5.23. The summed E-state index contributed by atoms with van der Waals surface area (Å²) in [5, 5.41) is 17.0. The number of rotatable bonds is 5. The summed E-state index contributed by atoms with van der Waals surface area (Å²) < 4.78 is 0. The number of nitrogens with zero attached hydrogens (tertiary/aromatic N) is 4. The van der Waals surface area contributed by atoms with Gasteiger partial charge in [0.2, 0.25) is 5.95 Å². The van der Waals surface area contributed by atoms with E-state index in [-0.39, 0.29) is 0 Å². The molecule has 29 heavy (non-hydrogen) atoms. The molecular formula is C22H25N7. The summed E-state index contributed by atoms with van der Waals surface area (Å²) in [6, 6.07) is 14.0. The van der Waals surface area contributed by atoms with Gasteiger partial charge in [0.15, 0.2) is 0 Å².